The van der Waals surface area contributed by atoms with E-state index in [0.717, 1.165) is 4.88 Å². The highest BCUT2D eigenvalue weighted by Gasteiger charge is 2.37. The molecule has 4 rings (SSSR count). The van der Waals surface area contributed by atoms with Gasteiger partial charge in [-0.25, -0.2) is 9.97 Å². The second kappa shape index (κ2) is 9.83. The van der Waals surface area contributed by atoms with E-state index in [1.165, 1.54) is 30.9 Å². The van der Waals surface area contributed by atoms with Gasteiger partial charge in [-0.2, -0.15) is 18.2 Å². The Kier molecular flexibility index (Phi) is 7.07. The number of nitrogens with one attached hydrogen (secondary N) is 2. The minimum atomic E-state index is -3.94. The molecule has 0 unspecified atom stereocenters. The molecule has 0 aliphatic heterocycles. The average Bonchev–Trinajstić information content (AvgIpc) is 3.49. The van der Waals surface area contributed by atoms with Gasteiger partial charge in [0, 0.05) is 30.4 Å². The van der Waals surface area contributed by atoms with Crippen LogP contribution in [-0.2, 0) is 21.0 Å². The third kappa shape index (κ3) is 5.75. The smallest absolute Gasteiger partial charge is 0.335 e. The van der Waals surface area contributed by atoms with Crippen LogP contribution in [0.25, 0.3) is 0 Å². The Morgan fingerprint density at radius 3 is 2.91 bits per heavy atom. The summed E-state index contributed by atoms with van der Waals surface area (Å²) in [5.74, 6) is -0.103. The fourth-order valence-electron chi connectivity index (χ4n) is 3.52. The van der Waals surface area contributed by atoms with Crippen LogP contribution in [0.5, 0.6) is 0 Å². The summed E-state index contributed by atoms with van der Waals surface area (Å²) in [6, 6.07) is 4.96. The van der Waals surface area contributed by atoms with Gasteiger partial charge in [0.2, 0.25) is 5.78 Å². The molecule has 0 radical (unpaired) electrons. The third-order valence-electron chi connectivity index (χ3n) is 5.09. The number of aromatic nitrogens is 4. The van der Waals surface area contributed by atoms with E-state index in [0.29, 0.717) is 10.9 Å². The molecule has 11 nitrogen and oxygen atoms in total. The fourth-order valence-corrected chi connectivity index (χ4v) is 5.23. The first-order valence-corrected chi connectivity index (χ1v) is 12.5. The van der Waals surface area contributed by atoms with E-state index in [4.69, 9.17) is 15.8 Å². The molecule has 0 saturated heterocycles. The third-order valence-corrected chi connectivity index (χ3v) is 7.31. The van der Waals surface area contributed by atoms with Crippen molar-refractivity contribution in [1.82, 2.24) is 24.5 Å². The minimum Gasteiger partial charge on any atom is -0.390 e. The zero-order chi connectivity index (χ0) is 23.6. The zero-order valence-corrected chi connectivity index (χ0v) is 19.8. The normalized spacial score (nSPS) is 20.8. The number of ketones is 1. The Bertz CT molecular complexity index is 1250. The summed E-state index contributed by atoms with van der Waals surface area (Å²) in [6.07, 6.45) is 2.91. The highest BCUT2D eigenvalue weighted by atomic mass is 35.5. The topological polar surface area (TPSA) is 148 Å². The largest absolute Gasteiger partial charge is 0.390 e. The summed E-state index contributed by atoms with van der Waals surface area (Å²) >= 11 is 7.40. The predicted molar refractivity (Wildman–Crippen MR) is 122 cm³/mol. The van der Waals surface area contributed by atoms with E-state index in [1.807, 2.05) is 6.07 Å². The summed E-state index contributed by atoms with van der Waals surface area (Å²) in [4.78, 5) is 22.2. The highest BCUT2D eigenvalue weighted by molar-refractivity contribution is 7.84. The number of hydrogen-bond donors (Lipinski definition) is 3. The van der Waals surface area contributed by atoms with Gasteiger partial charge in [0.15, 0.2) is 0 Å². The minimum absolute atomic E-state index is 0.206. The lowest BCUT2D eigenvalue weighted by Gasteiger charge is -2.15. The van der Waals surface area contributed by atoms with Crippen LogP contribution >= 0.6 is 22.9 Å². The summed E-state index contributed by atoms with van der Waals surface area (Å²) in [5.41, 5.74) is 0.437. The number of thiophene rings is 1. The van der Waals surface area contributed by atoms with E-state index in [-0.39, 0.29) is 41.7 Å². The standard InChI is InChI=1S/C19H21ClN6O5S2/c1-21-33(29,30)31-16-7-11(6-15(16)27)24-19-13(8-22-10-23-19)18(28)14-4-5-26(25-14)9-12-2-3-17(20)32-12/h2-5,8,10-11,15-16,21,27H,6-7,9H2,1H3,(H,22,23,24)/t11-,15+,16-/m1/s1. The van der Waals surface area contributed by atoms with Gasteiger partial charge in [0.25, 0.3) is 0 Å². The molecule has 0 bridgehead atoms. The Morgan fingerprint density at radius 1 is 1.36 bits per heavy atom. The van der Waals surface area contributed by atoms with Crippen LogP contribution in [0.15, 0.2) is 36.9 Å². The first-order chi connectivity index (χ1) is 15.7. The fraction of sp³-hybridized carbons (Fsp3) is 0.368. The molecule has 0 aromatic carbocycles. The van der Waals surface area contributed by atoms with Crippen LogP contribution in [0.2, 0.25) is 4.34 Å². The molecular weight excluding hydrogens is 492 g/mol. The second-order valence-electron chi connectivity index (χ2n) is 7.39. The van der Waals surface area contributed by atoms with Gasteiger partial charge >= 0.3 is 10.3 Å². The molecule has 3 aromatic heterocycles. The van der Waals surface area contributed by atoms with Crippen molar-refractivity contribution in [2.45, 2.75) is 37.6 Å². The highest BCUT2D eigenvalue weighted by Crippen LogP contribution is 2.28. The second-order valence-corrected chi connectivity index (χ2v) is 10.7. The van der Waals surface area contributed by atoms with Crippen molar-refractivity contribution < 1.29 is 22.5 Å². The van der Waals surface area contributed by atoms with Gasteiger partial charge in [-0.05, 0) is 31.0 Å². The molecule has 3 N–H and O–H groups in total. The molecule has 176 valence electrons. The summed E-state index contributed by atoms with van der Waals surface area (Å²) in [5, 5.41) is 17.7. The summed E-state index contributed by atoms with van der Waals surface area (Å²) in [7, 11) is -2.72. The molecule has 1 aliphatic carbocycles. The number of anilines is 1. The van der Waals surface area contributed by atoms with Gasteiger partial charge < -0.3 is 10.4 Å². The Hall–Kier alpha value is -2.42. The molecule has 3 heterocycles. The van der Waals surface area contributed by atoms with Crippen molar-refractivity contribution in [3.63, 3.8) is 0 Å². The van der Waals surface area contributed by atoms with E-state index in [2.05, 4.69) is 25.1 Å². The van der Waals surface area contributed by atoms with Crippen LogP contribution in [0.3, 0.4) is 0 Å². The van der Waals surface area contributed by atoms with Gasteiger partial charge in [0.05, 0.1) is 22.5 Å². The number of aliphatic hydroxyl groups excluding tert-OH is 1. The molecule has 1 aliphatic rings. The SMILES string of the molecule is CNS(=O)(=O)O[C@@H]1C[C@H](Nc2ncncc2C(=O)c2ccn(Cc3ccc(Cl)s3)n2)C[C@@H]1O. The van der Waals surface area contributed by atoms with Crippen LogP contribution < -0.4 is 10.0 Å². The van der Waals surface area contributed by atoms with Crippen molar-refractivity contribution in [2.24, 2.45) is 0 Å². The number of rotatable bonds is 9. The van der Waals surface area contributed by atoms with E-state index in [1.54, 1.807) is 23.0 Å². The predicted octanol–water partition coefficient (Wildman–Crippen LogP) is 1.45. The summed E-state index contributed by atoms with van der Waals surface area (Å²) in [6.45, 7) is 0.484. The lowest BCUT2D eigenvalue weighted by atomic mass is 10.1. The van der Waals surface area contributed by atoms with Crippen molar-refractivity contribution in [3.05, 3.63) is 57.4 Å². The molecule has 0 amide bonds. The van der Waals surface area contributed by atoms with E-state index >= 15 is 0 Å². The van der Waals surface area contributed by atoms with Crippen LogP contribution in [0.4, 0.5) is 5.82 Å². The van der Waals surface area contributed by atoms with Crippen molar-refractivity contribution in [2.75, 3.05) is 12.4 Å². The number of aliphatic hydroxyl groups is 1. The molecule has 3 aromatic rings. The Labute approximate surface area is 199 Å². The maximum atomic E-state index is 13.1. The van der Waals surface area contributed by atoms with Crippen molar-refractivity contribution >= 4 is 44.8 Å². The molecular formula is C19H21ClN6O5S2. The number of nitrogens with zero attached hydrogens (tertiary/aromatic N) is 4. The van der Waals surface area contributed by atoms with Crippen LogP contribution in [-0.4, -0.2) is 64.4 Å². The van der Waals surface area contributed by atoms with Gasteiger partial charge in [0.1, 0.15) is 23.9 Å². The number of halogens is 1. The number of hydrogen-bond acceptors (Lipinski definition) is 10. The van der Waals surface area contributed by atoms with Gasteiger partial charge in [-0.3, -0.25) is 13.7 Å². The molecule has 0 spiro atoms. The summed E-state index contributed by atoms with van der Waals surface area (Å²) < 4.78 is 32.6. The molecule has 14 heteroatoms. The van der Waals surface area contributed by atoms with Crippen LogP contribution in [0.1, 0.15) is 33.8 Å². The lowest BCUT2D eigenvalue weighted by Crippen LogP contribution is -2.31. The van der Waals surface area contributed by atoms with Crippen molar-refractivity contribution in [1.29, 1.82) is 0 Å². The lowest BCUT2D eigenvalue weighted by molar-refractivity contribution is 0.0636. The molecule has 1 fully saturated rings. The maximum Gasteiger partial charge on any atom is 0.335 e. The van der Waals surface area contributed by atoms with E-state index < -0.39 is 22.5 Å². The first kappa shape index (κ1) is 23.7. The number of carbonyl (C=O) groups is 1. The quantitative estimate of drug-likeness (QED) is 0.362. The monoisotopic (exact) mass is 512 g/mol. The molecule has 3 atom stereocenters. The van der Waals surface area contributed by atoms with E-state index in [9.17, 15) is 18.3 Å². The Morgan fingerprint density at radius 2 is 2.18 bits per heavy atom. The number of carbonyl (C=O) groups excluding carboxylic acids is 1. The maximum absolute atomic E-state index is 13.1. The molecule has 33 heavy (non-hydrogen) atoms. The van der Waals surface area contributed by atoms with Gasteiger partial charge in [-0.15, -0.1) is 11.3 Å². The Balaban J connectivity index is 1.46. The molecule has 1 saturated carbocycles. The van der Waals surface area contributed by atoms with Gasteiger partial charge in [-0.1, -0.05) is 11.6 Å². The van der Waals surface area contributed by atoms with Crippen molar-refractivity contribution in [3.8, 4) is 0 Å². The zero-order valence-electron chi connectivity index (χ0n) is 17.4. The average molecular weight is 513 g/mol. The van der Waals surface area contributed by atoms with Crippen LogP contribution in [0, 0.1) is 0 Å². The first-order valence-electron chi connectivity index (χ1n) is 9.93.